The summed E-state index contributed by atoms with van der Waals surface area (Å²) in [6.45, 7) is 4.00. The number of aryl methyl sites for hydroxylation is 2. The van der Waals surface area contributed by atoms with Crippen LogP contribution in [0.25, 0.3) is 0 Å². The Morgan fingerprint density at radius 1 is 0.676 bits per heavy atom. The molecular formula is C29H28N4O2S2. The third-order valence-electron chi connectivity index (χ3n) is 5.52. The van der Waals surface area contributed by atoms with E-state index in [2.05, 4.69) is 32.7 Å². The third kappa shape index (κ3) is 8.20. The molecule has 0 aliphatic carbocycles. The van der Waals surface area contributed by atoms with Crippen molar-refractivity contribution in [3.05, 3.63) is 107 Å². The number of carbonyl (C=O) groups is 2. The molecule has 8 heteroatoms. The number of hydrogen-bond donors (Lipinski definition) is 2. The van der Waals surface area contributed by atoms with Crippen LogP contribution in [0, 0.1) is 13.8 Å². The lowest BCUT2D eigenvalue weighted by Gasteiger charge is -2.12. The number of benzene rings is 2. The number of aromatic nitrogens is 2. The Balaban J connectivity index is 1.29. The van der Waals surface area contributed by atoms with Crippen LogP contribution < -0.4 is 10.6 Å². The molecule has 0 fully saturated rings. The van der Waals surface area contributed by atoms with E-state index >= 15 is 0 Å². The van der Waals surface area contributed by atoms with Crippen LogP contribution in [-0.2, 0) is 16.0 Å². The first-order valence-corrected chi connectivity index (χ1v) is 13.8. The van der Waals surface area contributed by atoms with Crippen molar-refractivity contribution >= 4 is 46.7 Å². The van der Waals surface area contributed by atoms with E-state index in [1.807, 2.05) is 74.5 Å². The fraction of sp³-hybridized carbons (Fsp3) is 0.172. The number of nitrogens with one attached hydrogen (secondary N) is 2. The van der Waals surface area contributed by atoms with Crippen molar-refractivity contribution in [2.24, 2.45) is 0 Å². The minimum atomic E-state index is -0.0572. The van der Waals surface area contributed by atoms with E-state index < -0.39 is 0 Å². The standard InChI is InChI=1S/C29H28N4O2S2/c1-20-15-22(9-11-24(20)32-26(34)18-36-28-7-3-5-13-30-28)17-23-10-12-25(21(2)16-23)33-27(35)19-37-29-8-4-6-14-31-29/h3-16H,17-19H2,1-2H3,(H,32,34)(H,33,35). The van der Waals surface area contributed by atoms with Gasteiger partial charge >= 0.3 is 0 Å². The molecule has 6 nitrogen and oxygen atoms in total. The molecule has 0 radical (unpaired) electrons. The molecule has 0 spiro atoms. The van der Waals surface area contributed by atoms with Crippen molar-refractivity contribution in [2.45, 2.75) is 30.3 Å². The van der Waals surface area contributed by atoms with Crippen molar-refractivity contribution in [1.29, 1.82) is 0 Å². The van der Waals surface area contributed by atoms with Gasteiger partial charge in [-0.2, -0.15) is 0 Å². The predicted octanol–water partition coefficient (Wildman–Crippen LogP) is 6.15. The summed E-state index contributed by atoms with van der Waals surface area (Å²) >= 11 is 2.83. The summed E-state index contributed by atoms with van der Waals surface area (Å²) in [6.07, 6.45) is 4.20. The minimum Gasteiger partial charge on any atom is -0.325 e. The normalized spacial score (nSPS) is 10.6. The highest BCUT2D eigenvalue weighted by Gasteiger charge is 2.10. The quantitative estimate of drug-likeness (QED) is 0.240. The van der Waals surface area contributed by atoms with Gasteiger partial charge in [0.05, 0.1) is 21.6 Å². The first-order chi connectivity index (χ1) is 18.0. The summed E-state index contributed by atoms with van der Waals surface area (Å²) in [6, 6.07) is 23.5. The second-order valence-corrected chi connectivity index (χ2v) is 10.5. The lowest BCUT2D eigenvalue weighted by molar-refractivity contribution is -0.114. The van der Waals surface area contributed by atoms with Gasteiger partial charge in [0.15, 0.2) is 0 Å². The molecule has 2 aromatic heterocycles. The first-order valence-electron chi connectivity index (χ1n) is 11.8. The number of pyridine rings is 2. The van der Waals surface area contributed by atoms with Crippen LogP contribution in [0.3, 0.4) is 0 Å². The van der Waals surface area contributed by atoms with Gasteiger partial charge in [-0.1, -0.05) is 59.9 Å². The fourth-order valence-corrected chi connectivity index (χ4v) is 5.03. The molecular weight excluding hydrogens is 500 g/mol. The Bertz CT molecular complexity index is 1260. The summed E-state index contributed by atoms with van der Waals surface area (Å²) < 4.78 is 0. The van der Waals surface area contributed by atoms with Gasteiger partial charge in [0, 0.05) is 23.8 Å². The molecule has 0 aliphatic rings. The van der Waals surface area contributed by atoms with Crippen LogP contribution in [0.1, 0.15) is 22.3 Å². The van der Waals surface area contributed by atoms with Crippen LogP contribution >= 0.6 is 23.5 Å². The molecule has 2 aromatic carbocycles. The molecule has 0 aliphatic heterocycles. The maximum Gasteiger partial charge on any atom is 0.234 e. The van der Waals surface area contributed by atoms with Gasteiger partial charge in [-0.25, -0.2) is 9.97 Å². The SMILES string of the molecule is Cc1cc(Cc2ccc(NC(=O)CSc3ccccn3)c(C)c2)ccc1NC(=O)CSc1ccccn1. The summed E-state index contributed by atoms with van der Waals surface area (Å²) in [7, 11) is 0. The van der Waals surface area contributed by atoms with Gasteiger partial charge in [-0.3, -0.25) is 9.59 Å². The topological polar surface area (TPSA) is 84.0 Å². The smallest absolute Gasteiger partial charge is 0.234 e. The Labute approximate surface area is 225 Å². The summed E-state index contributed by atoms with van der Waals surface area (Å²) in [5.41, 5.74) is 5.96. The molecule has 0 saturated heterocycles. The van der Waals surface area contributed by atoms with Gasteiger partial charge in [0.25, 0.3) is 0 Å². The molecule has 0 bridgehead atoms. The zero-order valence-electron chi connectivity index (χ0n) is 20.7. The lowest BCUT2D eigenvalue weighted by atomic mass is 10.00. The molecule has 2 N–H and O–H groups in total. The van der Waals surface area contributed by atoms with E-state index in [4.69, 9.17) is 0 Å². The van der Waals surface area contributed by atoms with Crippen LogP contribution in [-0.4, -0.2) is 33.3 Å². The monoisotopic (exact) mass is 528 g/mol. The van der Waals surface area contributed by atoms with Crippen LogP contribution in [0.15, 0.2) is 95.2 Å². The largest absolute Gasteiger partial charge is 0.325 e. The molecule has 37 heavy (non-hydrogen) atoms. The number of rotatable bonds is 10. The average Bonchev–Trinajstić information content (AvgIpc) is 2.91. The Morgan fingerprint density at radius 2 is 1.14 bits per heavy atom. The minimum absolute atomic E-state index is 0.0572. The number of anilines is 2. The fourth-order valence-electron chi connectivity index (χ4n) is 3.70. The van der Waals surface area contributed by atoms with Gasteiger partial charge in [0.2, 0.25) is 11.8 Å². The number of amides is 2. The van der Waals surface area contributed by atoms with Gasteiger partial charge in [-0.05, 0) is 78.9 Å². The third-order valence-corrected chi connectivity index (χ3v) is 7.40. The van der Waals surface area contributed by atoms with Crippen molar-refractivity contribution in [3.63, 3.8) is 0 Å². The number of hydrogen-bond acceptors (Lipinski definition) is 6. The zero-order chi connectivity index (χ0) is 26.0. The number of nitrogens with zero attached hydrogens (tertiary/aromatic N) is 2. The van der Waals surface area contributed by atoms with Crippen molar-refractivity contribution in [3.8, 4) is 0 Å². The molecule has 0 unspecified atom stereocenters. The molecule has 4 rings (SSSR count). The van der Waals surface area contributed by atoms with Crippen LogP contribution in [0.5, 0.6) is 0 Å². The number of thioether (sulfide) groups is 2. The summed E-state index contributed by atoms with van der Waals surface area (Å²) in [5, 5.41) is 7.64. The van der Waals surface area contributed by atoms with Crippen molar-refractivity contribution in [1.82, 2.24) is 9.97 Å². The zero-order valence-corrected chi connectivity index (χ0v) is 22.4. The van der Waals surface area contributed by atoms with E-state index in [-0.39, 0.29) is 11.8 Å². The second-order valence-electron chi connectivity index (χ2n) is 8.48. The molecule has 4 aromatic rings. The average molecular weight is 529 g/mol. The number of carbonyl (C=O) groups excluding carboxylic acids is 2. The van der Waals surface area contributed by atoms with E-state index in [0.29, 0.717) is 11.5 Å². The van der Waals surface area contributed by atoms with Crippen LogP contribution in [0.4, 0.5) is 11.4 Å². The maximum absolute atomic E-state index is 12.4. The molecule has 2 amide bonds. The molecule has 2 heterocycles. The Kier molecular flexibility index (Phi) is 9.35. The maximum atomic E-state index is 12.4. The lowest BCUT2D eigenvalue weighted by Crippen LogP contribution is -2.15. The van der Waals surface area contributed by atoms with E-state index in [9.17, 15) is 9.59 Å². The summed E-state index contributed by atoms with van der Waals surface area (Å²) in [4.78, 5) is 33.2. The second kappa shape index (κ2) is 13.1. The first kappa shape index (κ1) is 26.4. The molecule has 0 atom stereocenters. The summed E-state index contributed by atoms with van der Waals surface area (Å²) in [5.74, 6) is 0.501. The van der Waals surface area contributed by atoms with Gasteiger partial charge in [0.1, 0.15) is 0 Å². The van der Waals surface area contributed by atoms with Gasteiger partial charge < -0.3 is 10.6 Å². The van der Waals surface area contributed by atoms with E-state index in [1.54, 1.807) is 12.4 Å². The van der Waals surface area contributed by atoms with Crippen LogP contribution in [0.2, 0.25) is 0 Å². The van der Waals surface area contributed by atoms with Crippen molar-refractivity contribution in [2.75, 3.05) is 22.1 Å². The van der Waals surface area contributed by atoms with Crippen molar-refractivity contribution < 1.29 is 9.59 Å². The highest BCUT2D eigenvalue weighted by Crippen LogP contribution is 2.23. The Hall–Kier alpha value is -3.62. The highest BCUT2D eigenvalue weighted by molar-refractivity contribution is 8.00. The van der Waals surface area contributed by atoms with E-state index in [1.165, 1.54) is 23.5 Å². The molecule has 0 saturated carbocycles. The molecule has 188 valence electrons. The Morgan fingerprint density at radius 3 is 1.51 bits per heavy atom. The van der Waals surface area contributed by atoms with Gasteiger partial charge in [-0.15, -0.1) is 0 Å². The highest BCUT2D eigenvalue weighted by atomic mass is 32.2. The predicted molar refractivity (Wildman–Crippen MR) is 152 cm³/mol. The van der Waals surface area contributed by atoms with E-state index in [0.717, 1.165) is 50.1 Å².